The van der Waals surface area contributed by atoms with Crippen LogP contribution in [0.5, 0.6) is 0 Å². The summed E-state index contributed by atoms with van der Waals surface area (Å²) in [5, 5.41) is 2.83. The molecule has 3 atom stereocenters. The monoisotopic (exact) mass is 626 g/mol. The fraction of sp³-hybridized carbons (Fsp3) is 0.378. The van der Waals surface area contributed by atoms with Gasteiger partial charge in [-0.2, -0.15) is 0 Å². The molecule has 1 aliphatic carbocycles. The molecule has 0 aromatic heterocycles. The van der Waals surface area contributed by atoms with E-state index >= 15 is 0 Å². The number of ketones is 1. The molecule has 45 heavy (non-hydrogen) atoms. The highest BCUT2D eigenvalue weighted by Gasteiger charge is 2.45. The van der Waals surface area contributed by atoms with Gasteiger partial charge in [0.15, 0.2) is 10.9 Å². The fourth-order valence-electron chi connectivity index (χ4n) is 6.11. The summed E-state index contributed by atoms with van der Waals surface area (Å²) in [6, 6.07) is 25.9. The summed E-state index contributed by atoms with van der Waals surface area (Å²) in [7, 11) is 0. The van der Waals surface area contributed by atoms with Crippen molar-refractivity contribution in [3.8, 4) is 11.1 Å². The number of hydrogen-bond donors (Lipinski definition) is 1. The molecule has 1 aliphatic heterocycles. The number of carbonyl (C=O) groups is 3. The highest BCUT2D eigenvalue weighted by molar-refractivity contribution is 8.13. The molecule has 0 spiro atoms. The zero-order valence-electron chi connectivity index (χ0n) is 25.9. The Kier molecular flexibility index (Phi) is 12.2. The standard InChI is InChI=1S/C37H42N2O5S/c1-27(40)38-31-17-19-32(20-18-31)45-36(42)12-8-3-2-7-11-33-35(25-34(41)37(33)39-21-23-43-24-22-39)44-26-28-13-15-30(16-14-28)29-9-5-4-6-10-29/h2-6,9-10,13-20,33,35,37H,7-8,11-12,21-26H2,1H3,(H,38,40)/b3-2-/t33-,35-,37+/m1/s1. The molecule has 0 bridgehead atoms. The molecule has 8 heteroatoms. The summed E-state index contributed by atoms with van der Waals surface area (Å²) in [6.45, 7) is 4.79. The van der Waals surface area contributed by atoms with Crippen LogP contribution in [0, 0.1) is 5.92 Å². The van der Waals surface area contributed by atoms with Gasteiger partial charge in [-0.15, -0.1) is 0 Å². The normalized spacial score (nSPS) is 20.5. The van der Waals surface area contributed by atoms with E-state index in [9.17, 15) is 14.4 Å². The van der Waals surface area contributed by atoms with Gasteiger partial charge >= 0.3 is 0 Å². The van der Waals surface area contributed by atoms with Gasteiger partial charge in [-0.1, -0.05) is 78.5 Å². The Morgan fingerprint density at radius 3 is 2.33 bits per heavy atom. The number of carbonyl (C=O) groups excluding carboxylic acids is 3. The van der Waals surface area contributed by atoms with E-state index < -0.39 is 0 Å². The number of anilines is 1. The average Bonchev–Trinajstić information content (AvgIpc) is 3.37. The van der Waals surface area contributed by atoms with Crippen LogP contribution in [0.3, 0.4) is 0 Å². The van der Waals surface area contributed by atoms with Crippen LogP contribution in [0.1, 0.15) is 44.6 Å². The molecule has 1 N–H and O–H groups in total. The minimum atomic E-state index is -0.136. The molecule has 7 nitrogen and oxygen atoms in total. The van der Waals surface area contributed by atoms with Gasteiger partial charge in [0.1, 0.15) is 0 Å². The lowest BCUT2D eigenvalue weighted by atomic mass is 9.93. The molecule has 1 amide bonds. The number of allylic oxidation sites excluding steroid dienone is 2. The SMILES string of the molecule is CC(=O)Nc1ccc(SC(=O)CC/C=C\CC[C@H]2[C@H](N3CCOCC3)C(=O)C[C@H]2OCc2ccc(-c3ccccc3)cc2)cc1. The van der Waals surface area contributed by atoms with Gasteiger partial charge in [-0.05, 0) is 60.2 Å². The molecule has 2 fully saturated rings. The van der Waals surface area contributed by atoms with Crippen molar-refractivity contribution in [1.82, 2.24) is 4.90 Å². The van der Waals surface area contributed by atoms with Gasteiger partial charge in [0.05, 0.1) is 32.0 Å². The Hall–Kier alpha value is -3.56. The number of thioether (sulfide) groups is 1. The third kappa shape index (κ3) is 9.71. The van der Waals surface area contributed by atoms with Crippen molar-refractivity contribution in [3.63, 3.8) is 0 Å². The van der Waals surface area contributed by atoms with Crippen LogP contribution in [0.15, 0.2) is 95.9 Å². The highest BCUT2D eigenvalue weighted by atomic mass is 32.2. The third-order valence-corrected chi connectivity index (χ3v) is 9.27. The second-order valence-electron chi connectivity index (χ2n) is 11.6. The minimum Gasteiger partial charge on any atom is -0.379 e. The van der Waals surface area contributed by atoms with E-state index in [0.29, 0.717) is 44.8 Å². The predicted octanol–water partition coefficient (Wildman–Crippen LogP) is 6.92. The van der Waals surface area contributed by atoms with Crippen molar-refractivity contribution >= 4 is 34.3 Å². The van der Waals surface area contributed by atoms with Crippen LogP contribution >= 0.6 is 11.8 Å². The molecule has 5 rings (SSSR count). The van der Waals surface area contributed by atoms with Crippen LogP contribution < -0.4 is 5.32 Å². The molecule has 236 valence electrons. The smallest absolute Gasteiger partial charge is 0.221 e. The Morgan fingerprint density at radius 2 is 1.62 bits per heavy atom. The number of morpholine rings is 1. The minimum absolute atomic E-state index is 0.103. The van der Waals surface area contributed by atoms with E-state index in [0.717, 1.165) is 36.4 Å². The lowest BCUT2D eigenvalue weighted by molar-refractivity contribution is -0.124. The lowest BCUT2D eigenvalue weighted by Gasteiger charge is -2.35. The first-order valence-corrected chi connectivity index (χ1v) is 16.6. The van der Waals surface area contributed by atoms with E-state index in [2.05, 4.69) is 58.8 Å². The van der Waals surface area contributed by atoms with Crippen LogP contribution in [0.2, 0.25) is 0 Å². The second-order valence-corrected chi connectivity index (χ2v) is 12.7. The molecule has 2 aliphatic rings. The first-order valence-electron chi connectivity index (χ1n) is 15.8. The molecule has 1 saturated heterocycles. The van der Waals surface area contributed by atoms with Crippen LogP contribution in [-0.4, -0.2) is 60.2 Å². The Bertz CT molecular complexity index is 1440. The number of hydrogen-bond acceptors (Lipinski definition) is 7. The molecule has 0 radical (unpaired) electrons. The van der Waals surface area contributed by atoms with E-state index in [1.165, 1.54) is 29.8 Å². The van der Waals surface area contributed by atoms with E-state index in [1.807, 2.05) is 30.3 Å². The van der Waals surface area contributed by atoms with Gasteiger partial charge in [0, 0.05) is 49.4 Å². The van der Waals surface area contributed by atoms with Crippen LogP contribution in [0.25, 0.3) is 11.1 Å². The second kappa shape index (κ2) is 16.7. The Morgan fingerprint density at radius 1 is 0.933 bits per heavy atom. The Labute approximate surface area is 270 Å². The number of amides is 1. The van der Waals surface area contributed by atoms with Crippen LogP contribution in [0.4, 0.5) is 5.69 Å². The number of nitrogens with one attached hydrogen (secondary N) is 1. The predicted molar refractivity (Wildman–Crippen MR) is 179 cm³/mol. The van der Waals surface area contributed by atoms with E-state index in [4.69, 9.17) is 9.47 Å². The molecule has 1 saturated carbocycles. The lowest BCUT2D eigenvalue weighted by Crippen LogP contribution is -2.49. The zero-order valence-corrected chi connectivity index (χ0v) is 26.7. The third-order valence-electron chi connectivity index (χ3n) is 8.33. The van der Waals surface area contributed by atoms with Crippen molar-refractivity contribution in [2.75, 3.05) is 31.6 Å². The topological polar surface area (TPSA) is 84.9 Å². The quantitative estimate of drug-likeness (QED) is 0.163. The van der Waals surface area contributed by atoms with Gasteiger partial charge in [-0.3, -0.25) is 19.3 Å². The molecule has 1 heterocycles. The number of ether oxygens (including phenoxy) is 2. The summed E-state index contributed by atoms with van der Waals surface area (Å²) < 4.78 is 12.0. The van der Waals surface area contributed by atoms with Crippen molar-refractivity contribution < 1.29 is 23.9 Å². The first kappa shape index (κ1) is 32.8. The maximum Gasteiger partial charge on any atom is 0.221 e. The number of Topliss-reactive ketones (excluding diaryl/α,β-unsaturated/α-hetero) is 1. The molecule has 0 unspecified atom stereocenters. The number of nitrogens with zero attached hydrogens (tertiary/aromatic N) is 1. The summed E-state index contributed by atoms with van der Waals surface area (Å²) in [6.07, 6.45) is 7.33. The van der Waals surface area contributed by atoms with E-state index in [1.54, 1.807) is 12.1 Å². The number of rotatable bonds is 13. The maximum absolute atomic E-state index is 13.3. The van der Waals surface area contributed by atoms with Crippen molar-refractivity contribution in [3.05, 3.63) is 96.6 Å². The summed E-state index contributed by atoms with van der Waals surface area (Å²) in [5.41, 5.74) is 4.17. The fourth-order valence-corrected chi connectivity index (χ4v) is 6.87. The largest absolute Gasteiger partial charge is 0.379 e. The van der Waals surface area contributed by atoms with Crippen molar-refractivity contribution in [1.29, 1.82) is 0 Å². The highest BCUT2D eigenvalue weighted by Crippen LogP contribution is 2.35. The molecule has 3 aromatic rings. The van der Waals surface area contributed by atoms with E-state index in [-0.39, 0.29) is 34.9 Å². The van der Waals surface area contributed by atoms with Crippen molar-refractivity contribution in [2.45, 2.75) is 62.7 Å². The van der Waals surface area contributed by atoms with Crippen LogP contribution in [-0.2, 0) is 30.5 Å². The van der Waals surface area contributed by atoms with Gasteiger partial charge in [0.25, 0.3) is 0 Å². The summed E-state index contributed by atoms with van der Waals surface area (Å²) >= 11 is 1.22. The van der Waals surface area contributed by atoms with Gasteiger partial charge in [0.2, 0.25) is 5.91 Å². The first-order chi connectivity index (χ1) is 22.0. The summed E-state index contributed by atoms with van der Waals surface area (Å²) in [5.74, 6) is 0.256. The molecular weight excluding hydrogens is 584 g/mol. The van der Waals surface area contributed by atoms with Gasteiger partial charge < -0.3 is 14.8 Å². The average molecular weight is 627 g/mol. The molecular formula is C37H42N2O5S. The van der Waals surface area contributed by atoms with Gasteiger partial charge in [-0.25, -0.2) is 0 Å². The summed E-state index contributed by atoms with van der Waals surface area (Å²) in [4.78, 5) is 40.1. The van der Waals surface area contributed by atoms with Crippen molar-refractivity contribution in [2.24, 2.45) is 5.92 Å². The maximum atomic E-state index is 13.3. The number of benzene rings is 3. The molecule has 3 aromatic carbocycles. The zero-order chi connectivity index (χ0) is 31.4. The Balaban J connectivity index is 1.12.